The van der Waals surface area contributed by atoms with Gasteiger partial charge in [0.1, 0.15) is 30.5 Å². The van der Waals surface area contributed by atoms with Gasteiger partial charge in [0.2, 0.25) is 29.5 Å². The number of rotatable bonds is 6. The Morgan fingerprint density at radius 1 is 0.917 bits per heavy atom. The molecule has 0 radical (unpaired) electrons. The molecule has 4 atom stereocenters. The van der Waals surface area contributed by atoms with E-state index < -0.39 is 53.7 Å². The summed E-state index contributed by atoms with van der Waals surface area (Å²) in [6, 6.07) is 10.8. The molecule has 4 rings (SSSR count). The number of carbonyl (C=O) groups excluding carboxylic acids is 6. The maximum atomic E-state index is 13.5. The van der Waals surface area contributed by atoms with Crippen LogP contribution < -0.4 is 31.3 Å². The van der Waals surface area contributed by atoms with Gasteiger partial charge in [0, 0.05) is 32.5 Å². The molecule has 1 saturated heterocycles. The molecule has 6 amide bonds. The Kier molecular flexibility index (Phi) is 12.5. The number of fused-ring (bicyclic) bond motifs is 1. The molecule has 258 valence electrons. The number of nitrogens with one attached hydrogen (secondary N) is 5. The van der Waals surface area contributed by atoms with Gasteiger partial charge in [0.25, 0.3) is 5.91 Å². The Morgan fingerprint density at radius 3 is 2.40 bits per heavy atom. The lowest BCUT2D eigenvalue weighted by Gasteiger charge is -2.26. The molecule has 2 aliphatic heterocycles. The van der Waals surface area contributed by atoms with Gasteiger partial charge in [-0.3, -0.25) is 28.8 Å². The van der Waals surface area contributed by atoms with Gasteiger partial charge in [-0.05, 0) is 55.9 Å². The Bertz CT molecular complexity index is 1510. The summed E-state index contributed by atoms with van der Waals surface area (Å²) in [5.41, 5.74) is 1.95. The number of hydrogen-bond acceptors (Lipinski definition) is 7. The lowest BCUT2D eigenvalue weighted by molar-refractivity contribution is -0.132. The fourth-order valence-electron chi connectivity index (χ4n) is 5.58. The summed E-state index contributed by atoms with van der Waals surface area (Å²) in [5.74, 6) is -2.36. The normalized spacial score (nSPS) is 23.1. The number of hydrogen-bond donors (Lipinski definition) is 5. The first-order valence-corrected chi connectivity index (χ1v) is 16.5. The van der Waals surface area contributed by atoms with Crippen LogP contribution in [0.3, 0.4) is 0 Å². The van der Waals surface area contributed by atoms with E-state index in [1.807, 2.05) is 29.2 Å². The zero-order valence-electron chi connectivity index (χ0n) is 28.0. The first-order chi connectivity index (χ1) is 22.9. The number of likely N-dealkylation sites (tertiary alicyclic amines) is 1. The fourth-order valence-corrected chi connectivity index (χ4v) is 5.58. The Labute approximate surface area is 280 Å². The van der Waals surface area contributed by atoms with E-state index >= 15 is 0 Å². The second-order valence-electron chi connectivity index (χ2n) is 12.8. The monoisotopic (exact) mass is 662 g/mol. The van der Waals surface area contributed by atoms with Crippen LogP contribution in [0.5, 0.6) is 5.75 Å². The summed E-state index contributed by atoms with van der Waals surface area (Å²) in [7, 11) is 0. The third-order valence-corrected chi connectivity index (χ3v) is 8.31. The summed E-state index contributed by atoms with van der Waals surface area (Å²) < 4.78 is 5.93. The smallest absolute Gasteiger partial charge is 0.255 e. The van der Waals surface area contributed by atoms with Gasteiger partial charge in [-0.1, -0.05) is 50.2 Å². The van der Waals surface area contributed by atoms with Crippen molar-refractivity contribution in [2.45, 2.75) is 90.6 Å². The minimum absolute atomic E-state index is 0.0379. The lowest BCUT2D eigenvalue weighted by atomic mass is 10.0. The van der Waals surface area contributed by atoms with E-state index in [1.165, 1.54) is 6.92 Å². The Morgan fingerprint density at radius 2 is 1.67 bits per heavy atom. The van der Waals surface area contributed by atoms with Crippen LogP contribution in [0.1, 0.15) is 74.9 Å². The number of para-hydroxylation sites is 1. The van der Waals surface area contributed by atoms with Crippen LogP contribution >= 0.6 is 0 Å². The highest BCUT2D eigenvalue weighted by Gasteiger charge is 2.29. The van der Waals surface area contributed by atoms with E-state index in [0.717, 1.165) is 24.1 Å². The zero-order chi connectivity index (χ0) is 34.8. The second-order valence-corrected chi connectivity index (χ2v) is 12.8. The van der Waals surface area contributed by atoms with Gasteiger partial charge in [0.15, 0.2) is 0 Å². The van der Waals surface area contributed by atoms with Gasteiger partial charge >= 0.3 is 0 Å². The molecule has 0 spiro atoms. The van der Waals surface area contributed by atoms with Crippen LogP contribution in [0.2, 0.25) is 0 Å². The van der Waals surface area contributed by atoms with Gasteiger partial charge in [0.05, 0.1) is 11.6 Å². The van der Waals surface area contributed by atoms with Crippen molar-refractivity contribution in [2.75, 3.05) is 13.2 Å². The van der Waals surface area contributed by atoms with E-state index in [1.54, 1.807) is 45.0 Å². The molecule has 0 aliphatic carbocycles. The van der Waals surface area contributed by atoms with Gasteiger partial charge in [-0.2, -0.15) is 0 Å². The molecule has 0 unspecified atom stereocenters. The van der Waals surface area contributed by atoms with Crippen LogP contribution in [0.25, 0.3) is 0 Å². The van der Waals surface area contributed by atoms with Crippen molar-refractivity contribution >= 4 is 35.4 Å². The third kappa shape index (κ3) is 10.0. The molecule has 13 heteroatoms. The minimum Gasteiger partial charge on any atom is -0.491 e. The summed E-state index contributed by atoms with van der Waals surface area (Å²) in [6.07, 6.45) is 1.18. The van der Waals surface area contributed by atoms with Crippen LogP contribution in [0.15, 0.2) is 48.5 Å². The largest absolute Gasteiger partial charge is 0.491 e. The van der Waals surface area contributed by atoms with Crippen molar-refractivity contribution < 1.29 is 33.5 Å². The quantitative estimate of drug-likeness (QED) is 0.312. The molecule has 48 heavy (non-hydrogen) atoms. The predicted molar refractivity (Wildman–Crippen MR) is 177 cm³/mol. The van der Waals surface area contributed by atoms with E-state index in [4.69, 9.17) is 4.74 Å². The molecule has 0 bridgehead atoms. The van der Waals surface area contributed by atoms with Crippen LogP contribution in [0, 0.1) is 5.92 Å². The molecule has 2 aromatic carbocycles. The third-order valence-electron chi connectivity index (χ3n) is 8.31. The highest BCUT2D eigenvalue weighted by atomic mass is 16.5. The zero-order valence-corrected chi connectivity index (χ0v) is 28.0. The van der Waals surface area contributed by atoms with Crippen LogP contribution in [-0.4, -0.2) is 77.7 Å². The van der Waals surface area contributed by atoms with E-state index in [2.05, 4.69) is 26.6 Å². The SMILES string of the molecule is CC(C)[C@H]1NC(=O)[C@H](C)NC(=O)CC[C@@H](C(=O)NCc2cccc(CN3CCCC3=O)c2)NC(=O)c2ccccc2OC[C@H](C)NC1=O. The summed E-state index contributed by atoms with van der Waals surface area (Å²) in [6.45, 7) is 8.27. The molecule has 1 fully saturated rings. The van der Waals surface area contributed by atoms with E-state index in [9.17, 15) is 28.8 Å². The highest BCUT2D eigenvalue weighted by molar-refractivity contribution is 6.00. The molecule has 2 heterocycles. The average Bonchev–Trinajstić information content (AvgIpc) is 3.46. The lowest BCUT2D eigenvalue weighted by Crippen LogP contribution is -2.56. The van der Waals surface area contributed by atoms with E-state index in [-0.39, 0.29) is 49.1 Å². The molecule has 0 saturated carbocycles. The van der Waals surface area contributed by atoms with E-state index in [0.29, 0.717) is 13.0 Å². The van der Waals surface area contributed by atoms with Crippen molar-refractivity contribution in [1.29, 1.82) is 0 Å². The summed E-state index contributed by atoms with van der Waals surface area (Å²) >= 11 is 0. The van der Waals surface area contributed by atoms with Gasteiger partial charge < -0.3 is 36.2 Å². The summed E-state index contributed by atoms with van der Waals surface area (Å²) in [4.78, 5) is 79.8. The number of nitrogens with zero attached hydrogens (tertiary/aromatic N) is 1. The standard InChI is InChI=1S/C35H46N6O7/c1-21(2)31-35(47)37-22(3)20-48-28-12-6-5-11-26(28)33(45)39-27(14-15-29(42)38-23(4)32(44)40-31)34(46)36-18-24-9-7-10-25(17-24)19-41-16-8-13-30(41)43/h5-7,9-12,17,21-23,27,31H,8,13-16,18-20H2,1-4H3,(H,36,46)(H,37,47)(H,38,42)(H,39,45)(H,40,44)/t22-,23-,27-,31+/m0/s1. The van der Waals surface area contributed by atoms with Crippen LogP contribution in [-0.2, 0) is 37.1 Å². The highest BCUT2D eigenvalue weighted by Crippen LogP contribution is 2.19. The molecule has 2 aliphatic rings. The molecule has 0 aromatic heterocycles. The number of ether oxygens (including phenoxy) is 1. The molecular weight excluding hydrogens is 616 g/mol. The first-order valence-electron chi connectivity index (χ1n) is 16.5. The maximum absolute atomic E-state index is 13.5. The number of carbonyl (C=O) groups is 6. The molecular formula is C35H46N6O7. The fraction of sp³-hybridized carbons (Fsp3) is 0.486. The topological polar surface area (TPSA) is 175 Å². The van der Waals surface area contributed by atoms with Crippen molar-refractivity contribution in [3.05, 3.63) is 65.2 Å². The molecule has 13 nitrogen and oxygen atoms in total. The van der Waals surface area contributed by atoms with Crippen molar-refractivity contribution in [3.63, 3.8) is 0 Å². The minimum atomic E-state index is -1.09. The number of amides is 6. The maximum Gasteiger partial charge on any atom is 0.255 e. The van der Waals surface area contributed by atoms with Crippen molar-refractivity contribution in [3.8, 4) is 5.75 Å². The molecule has 5 N–H and O–H groups in total. The predicted octanol–water partition coefficient (Wildman–Crippen LogP) is 1.55. The number of benzene rings is 2. The van der Waals surface area contributed by atoms with Gasteiger partial charge in [-0.15, -0.1) is 0 Å². The Balaban J connectivity index is 1.51. The van der Waals surface area contributed by atoms with Crippen LogP contribution in [0.4, 0.5) is 0 Å². The summed E-state index contributed by atoms with van der Waals surface area (Å²) in [5, 5.41) is 13.8. The average molecular weight is 663 g/mol. The van der Waals surface area contributed by atoms with Crippen molar-refractivity contribution in [2.24, 2.45) is 5.92 Å². The Hall–Kier alpha value is -4.94. The van der Waals surface area contributed by atoms with Crippen molar-refractivity contribution in [1.82, 2.24) is 31.5 Å². The first kappa shape index (κ1) is 35.9. The second kappa shape index (κ2) is 16.8. The molecule has 2 aromatic rings. The van der Waals surface area contributed by atoms with Gasteiger partial charge in [-0.25, -0.2) is 0 Å².